The molecule has 0 unspecified atom stereocenters. The van der Waals surface area contributed by atoms with Crippen molar-refractivity contribution in [2.45, 2.75) is 78.1 Å². The lowest BCUT2D eigenvalue weighted by molar-refractivity contribution is -0.131. The largest absolute Gasteiger partial charge is 0.507 e. The standard InChI is InChI=1S/C21H32O3/c1-7-11-20(3,4)16-13-15(9-10-18(22)23)14-17(19(16)24)21(5,6)12-8-2/h9-10,13-14,24H,7-8,11-12H2,1-6H3,(H,22,23)/b10-9+. The summed E-state index contributed by atoms with van der Waals surface area (Å²) >= 11 is 0. The lowest BCUT2D eigenvalue weighted by Gasteiger charge is -2.32. The molecule has 0 spiro atoms. The Morgan fingerprint density at radius 3 is 1.75 bits per heavy atom. The van der Waals surface area contributed by atoms with Crippen LogP contribution in [0.1, 0.15) is 83.9 Å². The summed E-state index contributed by atoms with van der Waals surface area (Å²) < 4.78 is 0. The van der Waals surface area contributed by atoms with Crippen LogP contribution in [0.15, 0.2) is 18.2 Å². The van der Waals surface area contributed by atoms with E-state index in [9.17, 15) is 9.90 Å². The highest BCUT2D eigenvalue weighted by molar-refractivity contribution is 5.85. The van der Waals surface area contributed by atoms with Crippen LogP contribution < -0.4 is 0 Å². The second-order valence-electron chi connectivity index (χ2n) is 7.90. The Bertz CT molecular complexity index is 571. The number of hydrogen-bond donors (Lipinski definition) is 2. The van der Waals surface area contributed by atoms with Gasteiger partial charge in [-0.1, -0.05) is 54.4 Å². The predicted molar refractivity (Wildman–Crippen MR) is 101 cm³/mol. The summed E-state index contributed by atoms with van der Waals surface area (Å²) in [5.74, 6) is -0.605. The molecule has 0 fully saturated rings. The van der Waals surface area contributed by atoms with E-state index in [2.05, 4.69) is 41.5 Å². The molecule has 0 atom stereocenters. The van der Waals surface area contributed by atoms with Crippen molar-refractivity contribution in [3.05, 3.63) is 34.9 Å². The molecule has 0 radical (unpaired) electrons. The molecule has 134 valence electrons. The molecule has 24 heavy (non-hydrogen) atoms. The lowest BCUT2D eigenvalue weighted by atomic mass is 9.73. The normalized spacial score (nSPS) is 12.8. The van der Waals surface area contributed by atoms with Crippen molar-refractivity contribution in [1.29, 1.82) is 0 Å². The summed E-state index contributed by atoms with van der Waals surface area (Å²) in [6.07, 6.45) is 6.73. The average Bonchev–Trinajstić information content (AvgIpc) is 2.45. The number of hydrogen-bond acceptors (Lipinski definition) is 2. The second-order valence-corrected chi connectivity index (χ2v) is 7.90. The van der Waals surface area contributed by atoms with Crippen LogP contribution in [0.25, 0.3) is 6.08 Å². The van der Waals surface area contributed by atoms with Crippen molar-refractivity contribution in [2.75, 3.05) is 0 Å². The van der Waals surface area contributed by atoms with Gasteiger partial charge in [0.2, 0.25) is 0 Å². The van der Waals surface area contributed by atoms with Gasteiger partial charge in [-0.25, -0.2) is 4.79 Å². The Kier molecular flexibility index (Phi) is 6.65. The average molecular weight is 332 g/mol. The van der Waals surface area contributed by atoms with Crippen LogP contribution in [0.5, 0.6) is 5.75 Å². The van der Waals surface area contributed by atoms with E-state index >= 15 is 0 Å². The fraction of sp³-hybridized carbons (Fsp3) is 0.571. The highest BCUT2D eigenvalue weighted by Crippen LogP contribution is 2.43. The van der Waals surface area contributed by atoms with E-state index in [0.717, 1.165) is 48.4 Å². The third-order valence-electron chi connectivity index (χ3n) is 4.76. The van der Waals surface area contributed by atoms with Gasteiger partial charge in [0.05, 0.1) is 0 Å². The SMILES string of the molecule is CCCC(C)(C)c1cc(/C=C/C(=O)O)cc(C(C)(C)CCC)c1O. The number of carboxylic acids is 1. The Balaban J connectivity index is 3.58. The number of rotatable bonds is 8. The Hall–Kier alpha value is -1.77. The van der Waals surface area contributed by atoms with E-state index in [1.807, 2.05) is 12.1 Å². The molecule has 0 aliphatic rings. The first-order valence-electron chi connectivity index (χ1n) is 8.84. The smallest absolute Gasteiger partial charge is 0.328 e. The van der Waals surface area contributed by atoms with Gasteiger partial charge < -0.3 is 10.2 Å². The third-order valence-corrected chi connectivity index (χ3v) is 4.76. The number of carboxylic acid groups (broad SMARTS) is 1. The van der Waals surface area contributed by atoms with Crippen LogP contribution in [0.2, 0.25) is 0 Å². The van der Waals surface area contributed by atoms with Gasteiger partial charge in [0.25, 0.3) is 0 Å². The topological polar surface area (TPSA) is 57.5 Å². The number of benzene rings is 1. The molecule has 0 bridgehead atoms. The van der Waals surface area contributed by atoms with Crippen molar-refractivity contribution >= 4 is 12.0 Å². The van der Waals surface area contributed by atoms with E-state index in [1.54, 1.807) is 6.08 Å². The van der Waals surface area contributed by atoms with E-state index in [1.165, 1.54) is 0 Å². The van der Waals surface area contributed by atoms with Crippen molar-refractivity contribution in [3.63, 3.8) is 0 Å². The summed E-state index contributed by atoms with van der Waals surface area (Å²) in [7, 11) is 0. The summed E-state index contributed by atoms with van der Waals surface area (Å²) in [6, 6.07) is 3.85. The highest BCUT2D eigenvalue weighted by atomic mass is 16.4. The number of carbonyl (C=O) groups is 1. The molecule has 0 heterocycles. The summed E-state index contributed by atoms with van der Waals surface area (Å²) in [4.78, 5) is 10.9. The van der Waals surface area contributed by atoms with E-state index < -0.39 is 5.97 Å². The van der Waals surface area contributed by atoms with Gasteiger partial charge in [-0.3, -0.25) is 0 Å². The van der Waals surface area contributed by atoms with Gasteiger partial charge in [-0.05, 0) is 47.4 Å². The van der Waals surface area contributed by atoms with Gasteiger partial charge in [-0.15, -0.1) is 0 Å². The van der Waals surface area contributed by atoms with E-state index in [0.29, 0.717) is 5.75 Å². The Labute approximate surface area is 146 Å². The zero-order valence-electron chi connectivity index (χ0n) is 15.9. The molecule has 0 saturated heterocycles. The second kappa shape index (κ2) is 7.87. The molecule has 1 rings (SSSR count). The zero-order chi connectivity index (χ0) is 18.5. The van der Waals surface area contributed by atoms with Crippen molar-refractivity contribution in [2.24, 2.45) is 0 Å². The van der Waals surface area contributed by atoms with Crippen molar-refractivity contribution < 1.29 is 15.0 Å². The van der Waals surface area contributed by atoms with Crippen molar-refractivity contribution in [3.8, 4) is 5.75 Å². The highest BCUT2D eigenvalue weighted by Gasteiger charge is 2.30. The zero-order valence-corrected chi connectivity index (χ0v) is 15.9. The fourth-order valence-corrected chi connectivity index (χ4v) is 3.47. The number of phenolic OH excluding ortho intramolecular Hbond substituents is 1. The maximum Gasteiger partial charge on any atom is 0.328 e. The molecule has 0 aliphatic heterocycles. The molecule has 0 amide bonds. The monoisotopic (exact) mass is 332 g/mol. The van der Waals surface area contributed by atoms with Crippen LogP contribution in [0.3, 0.4) is 0 Å². The molecular weight excluding hydrogens is 300 g/mol. The first-order valence-corrected chi connectivity index (χ1v) is 8.84. The maximum atomic E-state index is 11.0. The quantitative estimate of drug-likeness (QED) is 0.605. The minimum atomic E-state index is -0.966. The number of aromatic hydroxyl groups is 1. The summed E-state index contributed by atoms with van der Waals surface area (Å²) in [6.45, 7) is 12.8. The first-order chi connectivity index (χ1) is 11.0. The summed E-state index contributed by atoms with van der Waals surface area (Å²) in [5.41, 5.74) is 2.30. The van der Waals surface area contributed by atoms with Crippen LogP contribution >= 0.6 is 0 Å². The van der Waals surface area contributed by atoms with Gasteiger partial charge in [0.15, 0.2) is 0 Å². The molecule has 2 N–H and O–H groups in total. The van der Waals surface area contributed by atoms with Crippen molar-refractivity contribution in [1.82, 2.24) is 0 Å². The Morgan fingerprint density at radius 1 is 1.00 bits per heavy atom. The first kappa shape index (κ1) is 20.3. The molecule has 3 heteroatoms. The number of phenols is 1. The minimum absolute atomic E-state index is 0.164. The van der Waals surface area contributed by atoms with Crippen LogP contribution in [-0.4, -0.2) is 16.2 Å². The summed E-state index contributed by atoms with van der Waals surface area (Å²) in [5, 5.41) is 19.9. The molecular formula is C21H32O3. The minimum Gasteiger partial charge on any atom is -0.507 e. The predicted octanol–water partition coefficient (Wildman–Crippen LogP) is 5.65. The molecule has 3 nitrogen and oxygen atoms in total. The van der Waals surface area contributed by atoms with Gasteiger partial charge in [0, 0.05) is 17.2 Å². The Morgan fingerprint density at radius 2 is 1.42 bits per heavy atom. The van der Waals surface area contributed by atoms with Gasteiger partial charge in [0.1, 0.15) is 5.75 Å². The molecule has 1 aromatic carbocycles. The van der Waals surface area contributed by atoms with Gasteiger partial charge in [-0.2, -0.15) is 0 Å². The lowest BCUT2D eigenvalue weighted by Crippen LogP contribution is -2.22. The fourth-order valence-electron chi connectivity index (χ4n) is 3.47. The molecule has 0 aromatic heterocycles. The molecule has 1 aromatic rings. The number of aliphatic carboxylic acids is 1. The van der Waals surface area contributed by atoms with Crippen LogP contribution in [0, 0.1) is 0 Å². The molecule has 0 saturated carbocycles. The third kappa shape index (κ3) is 4.86. The molecule has 0 aliphatic carbocycles. The van der Waals surface area contributed by atoms with E-state index in [-0.39, 0.29) is 10.8 Å². The maximum absolute atomic E-state index is 11.0. The van der Waals surface area contributed by atoms with E-state index in [4.69, 9.17) is 5.11 Å². The van der Waals surface area contributed by atoms with Crippen LogP contribution in [0.4, 0.5) is 0 Å². The van der Waals surface area contributed by atoms with Gasteiger partial charge >= 0.3 is 5.97 Å². The van der Waals surface area contributed by atoms with Crippen LogP contribution in [-0.2, 0) is 15.6 Å².